The van der Waals surface area contributed by atoms with Gasteiger partial charge in [-0.25, -0.2) is 19.2 Å². The predicted molar refractivity (Wildman–Crippen MR) is 142 cm³/mol. The lowest BCUT2D eigenvalue weighted by atomic mass is 10.0. The van der Waals surface area contributed by atoms with Crippen molar-refractivity contribution < 1.29 is 14.3 Å². The minimum absolute atomic E-state index is 0.157. The van der Waals surface area contributed by atoms with Crippen molar-refractivity contribution in [2.45, 2.75) is 32.4 Å². The molecule has 202 valence electrons. The van der Waals surface area contributed by atoms with Crippen LogP contribution in [0.25, 0.3) is 22.9 Å². The summed E-state index contributed by atoms with van der Waals surface area (Å²) in [4.78, 5) is 45.7. The number of aromatic hydroxyl groups is 1. The van der Waals surface area contributed by atoms with Crippen LogP contribution in [0.3, 0.4) is 0 Å². The third-order valence-electron chi connectivity index (χ3n) is 6.15. The van der Waals surface area contributed by atoms with Crippen molar-refractivity contribution in [3.05, 3.63) is 81.1 Å². The molecule has 40 heavy (non-hydrogen) atoms. The molecule has 4 heterocycles. The first kappa shape index (κ1) is 24.9. The SMILES string of the molecule is CC(=O)Nc1ccc(-c2cc(F)ccc2CNc2nc(=NC3CC3)n3ncc(=Cc4[nH]c(=O)[nH]c4O)c3n2)cn1. The van der Waals surface area contributed by atoms with Crippen molar-refractivity contribution in [3.8, 4) is 17.0 Å². The number of amides is 1. The normalized spacial score (nSPS) is 14.2. The van der Waals surface area contributed by atoms with Gasteiger partial charge >= 0.3 is 5.69 Å². The zero-order chi connectivity index (χ0) is 27.8. The molecule has 1 aliphatic carbocycles. The monoisotopic (exact) mass is 542 g/mol. The molecule has 0 unspecified atom stereocenters. The van der Waals surface area contributed by atoms with Gasteiger partial charge in [-0.2, -0.15) is 19.6 Å². The Kier molecular flexibility index (Phi) is 6.26. The van der Waals surface area contributed by atoms with Gasteiger partial charge in [0.2, 0.25) is 17.7 Å². The maximum absolute atomic E-state index is 14.2. The van der Waals surface area contributed by atoms with Gasteiger partial charge < -0.3 is 20.7 Å². The summed E-state index contributed by atoms with van der Waals surface area (Å²) in [7, 11) is 0. The van der Waals surface area contributed by atoms with E-state index in [4.69, 9.17) is 0 Å². The number of hydrogen-bond acceptors (Lipinski definition) is 9. The number of rotatable bonds is 7. The van der Waals surface area contributed by atoms with Crippen molar-refractivity contribution in [3.63, 3.8) is 0 Å². The Bertz CT molecular complexity index is 1920. The van der Waals surface area contributed by atoms with E-state index < -0.39 is 11.5 Å². The van der Waals surface area contributed by atoms with E-state index in [2.05, 4.69) is 45.6 Å². The Labute approximate surface area is 224 Å². The smallest absolute Gasteiger partial charge is 0.326 e. The average molecular weight is 543 g/mol. The maximum atomic E-state index is 14.2. The Balaban J connectivity index is 1.36. The molecular weight excluding hydrogens is 519 g/mol. The van der Waals surface area contributed by atoms with Crippen molar-refractivity contribution in [2.24, 2.45) is 4.99 Å². The number of nitrogens with one attached hydrogen (secondary N) is 4. The molecular formula is C26H23FN10O3. The van der Waals surface area contributed by atoms with Crippen LogP contribution in [0.5, 0.6) is 5.88 Å². The highest BCUT2D eigenvalue weighted by Crippen LogP contribution is 2.26. The van der Waals surface area contributed by atoms with Crippen LogP contribution < -0.4 is 27.2 Å². The first-order valence-electron chi connectivity index (χ1n) is 12.4. The molecule has 1 aliphatic rings. The molecule has 5 aromatic rings. The lowest BCUT2D eigenvalue weighted by Crippen LogP contribution is -2.24. The van der Waals surface area contributed by atoms with E-state index in [1.165, 1.54) is 23.6 Å². The standard InChI is InChI=1S/C26H23FN10O3/c1-13(38)31-21-7-3-15(10-28-21)19-9-17(27)4-2-14(19)11-29-24-34-22-16(8-20-23(39)35-26(40)33-20)12-30-37(22)25(36-24)32-18-5-6-18/h2-4,7-10,12,18,39H,5-6,11H2,1H3,(H,28,31,38)(H,29,32,36)(H2,33,35,40). The van der Waals surface area contributed by atoms with E-state index in [-0.39, 0.29) is 36.0 Å². The van der Waals surface area contributed by atoms with Crippen molar-refractivity contribution in [2.75, 3.05) is 10.6 Å². The molecule has 1 saturated carbocycles. The molecule has 0 atom stereocenters. The first-order chi connectivity index (χ1) is 19.3. The summed E-state index contributed by atoms with van der Waals surface area (Å²) in [5, 5.41) is 20.7. The van der Waals surface area contributed by atoms with Crippen molar-refractivity contribution in [1.29, 1.82) is 0 Å². The fourth-order valence-electron chi connectivity index (χ4n) is 4.11. The zero-order valence-corrected chi connectivity index (χ0v) is 21.1. The third kappa shape index (κ3) is 5.27. The number of halogens is 1. The molecule has 0 saturated heterocycles. The molecule has 1 fully saturated rings. The molecule has 4 aromatic heterocycles. The van der Waals surface area contributed by atoms with Gasteiger partial charge in [-0.15, -0.1) is 0 Å². The lowest BCUT2D eigenvalue weighted by molar-refractivity contribution is -0.114. The number of aromatic amines is 2. The summed E-state index contributed by atoms with van der Waals surface area (Å²) in [6.45, 7) is 1.64. The summed E-state index contributed by atoms with van der Waals surface area (Å²) >= 11 is 0. The van der Waals surface area contributed by atoms with Gasteiger partial charge in [-0.3, -0.25) is 9.78 Å². The van der Waals surface area contributed by atoms with Gasteiger partial charge in [-0.1, -0.05) is 6.07 Å². The number of carbonyl (C=O) groups excluding carboxylic acids is 1. The number of nitrogens with zero attached hydrogens (tertiary/aromatic N) is 6. The van der Waals surface area contributed by atoms with Crippen LogP contribution in [0.15, 0.2) is 52.5 Å². The number of carbonyl (C=O) groups is 1. The molecule has 0 aliphatic heterocycles. The second-order valence-corrected chi connectivity index (χ2v) is 9.30. The van der Waals surface area contributed by atoms with Gasteiger partial charge in [0.05, 0.1) is 12.2 Å². The molecule has 13 nitrogen and oxygen atoms in total. The molecule has 14 heteroatoms. The van der Waals surface area contributed by atoms with Crippen molar-refractivity contribution >= 4 is 29.4 Å². The number of hydrogen-bond donors (Lipinski definition) is 5. The summed E-state index contributed by atoms with van der Waals surface area (Å²) in [6, 6.07) is 8.00. The van der Waals surface area contributed by atoms with E-state index in [1.54, 1.807) is 36.7 Å². The first-order valence-corrected chi connectivity index (χ1v) is 12.4. The Morgan fingerprint density at radius 3 is 2.77 bits per heavy atom. The van der Waals surface area contributed by atoms with Crippen molar-refractivity contribution in [1.82, 2.24) is 34.5 Å². The Morgan fingerprint density at radius 1 is 1.23 bits per heavy atom. The largest absolute Gasteiger partial charge is 0.493 e. The molecule has 0 spiro atoms. The van der Waals surface area contributed by atoms with Crippen LogP contribution in [-0.4, -0.2) is 51.6 Å². The lowest BCUT2D eigenvalue weighted by Gasteiger charge is -2.12. The quantitative estimate of drug-likeness (QED) is 0.204. The highest BCUT2D eigenvalue weighted by molar-refractivity contribution is 5.87. The van der Waals surface area contributed by atoms with Crippen LogP contribution in [0.1, 0.15) is 31.0 Å². The van der Waals surface area contributed by atoms with E-state index >= 15 is 0 Å². The molecule has 6 rings (SSSR count). The fraction of sp³-hybridized carbons (Fsp3) is 0.192. The second kappa shape index (κ2) is 10.1. The predicted octanol–water partition coefficient (Wildman–Crippen LogP) is 1.23. The molecule has 1 aromatic carbocycles. The van der Waals surface area contributed by atoms with Gasteiger partial charge in [-0.05, 0) is 54.3 Å². The summed E-state index contributed by atoms with van der Waals surface area (Å²) in [5.41, 5.74) is 2.45. The number of pyridine rings is 1. The van der Waals surface area contributed by atoms with Crippen LogP contribution in [0.2, 0.25) is 0 Å². The second-order valence-electron chi connectivity index (χ2n) is 9.30. The number of aromatic nitrogens is 7. The topological polar surface area (TPSA) is 178 Å². The average Bonchev–Trinajstić information content (AvgIpc) is 3.56. The summed E-state index contributed by atoms with van der Waals surface area (Å²) < 4.78 is 15.7. The van der Waals surface area contributed by atoms with Crippen LogP contribution in [-0.2, 0) is 11.3 Å². The van der Waals surface area contributed by atoms with E-state index in [0.717, 1.165) is 18.4 Å². The Morgan fingerprint density at radius 2 is 2.08 bits per heavy atom. The van der Waals surface area contributed by atoms with Gasteiger partial charge in [0.15, 0.2) is 5.65 Å². The van der Waals surface area contributed by atoms with Gasteiger partial charge in [0.25, 0.3) is 5.62 Å². The highest BCUT2D eigenvalue weighted by atomic mass is 19.1. The van der Waals surface area contributed by atoms with Gasteiger partial charge in [0, 0.05) is 30.4 Å². The Hall–Kier alpha value is -5.40. The zero-order valence-electron chi connectivity index (χ0n) is 21.1. The minimum atomic E-state index is -0.545. The maximum Gasteiger partial charge on any atom is 0.326 e. The van der Waals surface area contributed by atoms with E-state index in [9.17, 15) is 19.1 Å². The summed E-state index contributed by atoms with van der Waals surface area (Å²) in [6.07, 6.45) is 6.57. The molecule has 5 N–H and O–H groups in total. The number of anilines is 2. The van der Waals surface area contributed by atoms with Gasteiger partial charge in [0.1, 0.15) is 17.3 Å². The fourth-order valence-corrected chi connectivity index (χ4v) is 4.11. The van der Waals surface area contributed by atoms with Crippen LogP contribution >= 0.6 is 0 Å². The third-order valence-corrected chi connectivity index (χ3v) is 6.15. The number of benzene rings is 1. The number of H-pyrrole nitrogens is 2. The van der Waals surface area contributed by atoms with Crippen LogP contribution in [0.4, 0.5) is 16.2 Å². The minimum Gasteiger partial charge on any atom is -0.493 e. The van der Waals surface area contributed by atoms with E-state index in [1.807, 2.05) is 0 Å². The molecule has 0 bridgehead atoms. The highest BCUT2D eigenvalue weighted by Gasteiger charge is 2.21. The number of fused-ring (bicyclic) bond motifs is 1. The van der Waals surface area contributed by atoms with Crippen LogP contribution in [0, 0.1) is 5.82 Å². The molecule has 1 amide bonds. The number of imidazole rings is 1. The molecule has 0 radical (unpaired) electrons. The summed E-state index contributed by atoms with van der Waals surface area (Å²) in [5.74, 6) is -0.283. The van der Waals surface area contributed by atoms with E-state index in [0.29, 0.717) is 33.4 Å².